The smallest absolute Gasteiger partial charge is 0.0210 e. The van der Waals surface area contributed by atoms with Crippen LogP contribution in [0.15, 0.2) is 0 Å². The first-order valence-corrected chi connectivity index (χ1v) is 5.85. The van der Waals surface area contributed by atoms with E-state index in [1.807, 2.05) is 0 Å². The van der Waals surface area contributed by atoms with E-state index in [0.717, 1.165) is 6.54 Å². The maximum absolute atomic E-state index is 3.59. The minimum absolute atomic E-state index is 0.678. The molecule has 0 bridgehead atoms. The lowest BCUT2D eigenvalue weighted by Crippen LogP contribution is -2.51. The lowest BCUT2D eigenvalue weighted by molar-refractivity contribution is 0.219. The predicted molar refractivity (Wildman–Crippen MR) is 61.7 cm³/mol. The van der Waals surface area contributed by atoms with E-state index < -0.39 is 0 Å². The van der Waals surface area contributed by atoms with Crippen molar-refractivity contribution in [3.63, 3.8) is 0 Å². The van der Waals surface area contributed by atoms with Gasteiger partial charge in [-0.15, -0.1) is 0 Å². The van der Waals surface area contributed by atoms with Gasteiger partial charge in [0.05, 0.1) is 0 Å². The van der Waals surface area contributed by atoms with Crippen molar-refractivity contribution < 1.29 is 0 Å². The largest absolute Gasteiger partial charge is 0.317 e. The lowest BCUT2D eigenvalue weighted by atomic mass is 10.0. The SMILES string of the molecule is CCCC(CC1CN(C)CCN1)NC. The summed E-state index contributed by atoms with van der Waals surface area (Å²) in [4.78, 5) is 2.42. The Balaban J connectivity index is 2.26. The van der Waals surface area contributed by atoms with Crippen molar-refractivity contribution in [3.05, 3.63) is 0 Å². The second-order valence-corrected chi connectivity index (χ2v) is 4.42. The number of likely N-dealkylation sites (N-methyl/N-ethyl adjacent to an activating group) is 1. The maximum Gasteiger partial charge on any atom is 0.0210 e. The van der Waals surface area contributed by atoms with Gasteiger partial charge < -0.3 is 15.5 Å². The number of hydrogen-bond donors (Lipinski definition) is 2. The Morgan fingerprint density at radius 1 is 1.57 bits per heavy atom. The van der Waals surface area contributed by atoms with Crippen LogP contribution in [0.3, 0.4) is 0 Å². The molecule has 14 heavy (non-hydrogen) atoms. The molecular weight excluding hydrogens is 174 g/mol. The van der Waals surface area contributed by atoms with E-state index in [4.69, 9.17) is 0 Å². The fourth-order valence-electron chi connectivity index (χ4n) is 2.22. The van der Waals surface area contributed by atoms with Crippen LogP contribution in [0.2, 0.25) is 0 Å². The van der Waals surface area contributed by atoms with Gasteiger partial charge in [0.25, 0.3) is 0 Å². The zero-order chi connectivity index (χ0) is 10.4. The lowest BCUT2D eigenvalue weighted by Gasteiger charge is -2.33. The Morgan fingerprint density at radius 2 is 2.36 bits per heavy atom. The van der Waals surface area contributed by atoms with Crippen LogP contribution >= 0.6 is 0 Å². The van der Waals surface area contributed by atoms with E-state index >= 15 is 0 Å². The van der Waals surface area contributed by atoms with E-state index in [9.17, 15) is 0 Å². The minimum atomic E-state index is 0.678. The summed E-state index contributed by atoms with van der Waals surface area (Å²) in [6.45, 7) is 5.78. The molecule has 1 aliphatic rings. The molecule has 0 amide bonds. The fraction of sp³-hybridized carbons (Fsp3) is 1.00. The van der Waals surface area contributed by atoms with E-state index in [2.05, 4.69) is 36.6 Å². The van der Waals surface area contributed by atoms with Crippen LogP contribution in [0.5, 0.6) is 0 Å². The van der Waals surface area contributed by atoms with Crippen molar-refractivity contribution in [3.8, 4) is 0 Å². The van der Waals surface area contributed by atoms with Crippen LogP contribution in [-0.4, -0.2) is 50.7 Å². The Hall–Kier alpha value is -0.120. The summed E-state index contributed by atoms with van der Waals surface area (Å²) >= 11 is 0. The molecule has 2 unspecified atom stereocenters. The number of nitrogens with zero attached hydrogens (tertiary/aromatic N) is 1. The highest BCUT2D eigenvalue weighted by atomic mass is 15.2. The van der Waals surface area contributed by atoms with Crippen molar-refractivity contribution >= 4 is 0 Å². The zero-order valence-electron chi connectivity index (χ0n) is 9.84. The molecule has 1 rings (SSSR count). The van der Waals surface area contributed by atoms with Crippen LogP contribution in [0.25, 0.3) is 0 Å². The number of rotatable bonds is 5. The molecule has 1 heterocycles. The summed E-state index contributed by atoms with van der Waals surface area (Å²) in [5.41, 5.74) is 0. The standard InChI is InChI=1S/C11H25N3/c1-4-5-10(12-2)8-11-9-14(3)7-6-13-11/h10-13H,4-9H2,1-3H3. The molecule has 0 radical (unpaired) electrons. The molecule has 0 spiro atoms. The first-order valence-electron chi connectivity index (χ1n) is 5.85. The van der Waals surface area contributed by atoms with Crippen molar-refractivity contribution in [2.45, 2.75) is 38.3 Å². The Kier molecular flexibility index (Phi) is 5.45. The summed E-state index contributed by atoms with van der Waals surface area (Å²) in [5.74, 6) is 0. The Bertz CT molecular complexity index is 149. The van der Waals surface area contributed by atoms with Gasteiger partial charge in [-0.1, -0.05) is 13.3 Å². The number of hydrogen-bond acceptors (Lipinski definition) is 3. The highest BCUT2D eigenvalue weighted by molar-refractivity contribution is 4.81. The molecule has 3 heteroatoms. The Morgan fingerprint density at radius 3 is 2.93 bits per heavy atom. The molecular formula is C11H25N3. The van der Waals surface area contributed by atoms with Gasteiger partial charge in [0.1, 0.15) is 0 Å². The molecule has 2 N–H and O–H groups in total. The molecule has 1 saturated heterocycles. The van der Waals surface area contributed by atoms with Crippen molar-refractivity contribution in [2.75, 3.05) is 33.7 Å². The number of piperazine rings is 1. The van der Waals surface area contributed by atoms with Crippen LogP contribution in [0, 0.1) is 0 Å². The summed E-state index contributed by atoms with van der Waals surface area (Å²) < 4.78 is 0. The topological polar surface area (TPSA) is 27.3 Å². The van der Waals surface area contributed by atoms with Crippen LogP contribution in [0.4, 0.5) is 0 Å². The fourth-order valence-corrected chi connectivity index (χ4v) is 2.22. The summed E-state index contributed by atoms with van der Waals surface area (Å²) in [6.07, 6.45) is 3.82. The molecule has 1 aliphatic heterocycles. The normalized spacial score (nSPS) is 26.4. The zero-order valence-corrected chi connectivity index (χ0v) is 9.84. The summed E-state index contributed by atoms with van der Waals surface area (Å²) in [7, 11) is 4.29. The third-order valence-electron chi connectivity index (χ3n) is 3.07. The minimum Gasteiger partial charge on any atom is -0.317 e. The Labute approximate surface area is 88.2 Å². The van der Waals surface area contributed by atoms with Gasteiger partial charge in [0.2, 0.25) is 0 Å². The second kappa shape index (κ2) is 6.38. The van der Waals surface area contributed by atoms with Gasteiger partial charge in [-0.2, -0.15) is 0 Å². The first-order chi connectivity index (χ1) is 6.76. The third kappa shape index (κ3) is 3.95. The van der Waals surface area contributed by atoms with Crippen molar-refractivity contribution in [1.29, 1.82) is 0 Å². The summed E-state index contributed by atoms with van der Waals surface area (Å²) in [5, 5.41) is 7.00. The van der Waals surface area contributed by atoms with Crippen LogP contribution in [0.1, 0.15) is 26.2 Å². The van der Waals surface area contributed by atoms with Gasteiger partial charge in [-0.25, -0.2) is 0 Å². The third-order valence-corrected chi connectivity index (χ3v) is 3.07. The van der Waals surface area contributed by atoms with E-state index in [-0.39, 0.29) is 0 Å². The van der Waals surface area contributed by atoms with E-state index in [0.29, 0.717) is 12.1 Å². The molecule has 0 saturated carbocycles. The highest BCUT2D eigenvalue weighted by Gasteiger charge is 2.19. The van der Waals surface area contributed by atoms with Crippen LogP contribution < -0.4 is 10.6 Å². The molecule has 2 atom stereocenters. The van der Waals surface area contributed by atoms with Gasteiger partial charge in [0, 0.05) is 31.7 Å². The average Bonchev–Trinajstić information content (AvgIpc) is 2.17. The molecule has 0 aromatic carbocycles. The first kappa shape index (κ1) is 12.0. The second-order valence-electron chi connectivity index (χ2n) is 4.42. The molecule has 1 fully saturated rings. The monoisotopic (exact) mass is 199 g/mol. The molecule has 3 nitrogen and oxygen atoms in total. The van der Waals surface area contributed by atoms with Gasteiger partial charge in [-0.3, -0.25) is 0 Å². The molecule has 0 aromatic heterocycles. The quantitative estimate of drug-likeness (QED) is 0.681. The molecule has 84 valence electrons. The maximum atomic E-state index is 3.59. The summed E-state index contributed by atoms with van der Waals surface area (Å²) in [6, 6.07) is 1.36. The van der Waals surface area contributed by atoms with Crippen LogP contribution in [-0.2, 0) is 0 Å². The highest BCUT2D eigenvalue weighted by Crippen LogP contribution is 2.08. The van der Waals surface area contributed by atoms with Crippen molar-refractivity contribution in [2.24, 2.45) is 0 Å². The molecule has 0 aliphatic carbocycles. The van der Waals surface area contributed by atoms with Gasteiger partial charge >= 0.3 is 0 Å². The predicted octanol–water partition coefficient (Wildman–Crippen LogP) is 0.668. The van der Waals surface area contributed by atoms with Crippen molar-refractivity contribution in [1.82, 2.24) is 15.5 Å². The number of nitrogens with one attached hydrogen (secondary N) is 2. The van der Waals surface area contributed by atoms with Gasteiger partial charge in [-0.05, 0) is 26.9 Å². The average molecular weight is 199 g/mol. The van der Waals surface area contributed by atoms with E-state index in [1.165, 1.54) is 32.4 Å². The molecule has 0 aromatic rings. The van der Waals surface area contributed by atoms with E-state index in [1.54, 1.807) is 0 Å². The van der Waals surface area contributed by atoms with Gasteiger partial charge in [0.15, 0.2) is 0 Å².